The van der Waals surface area contributed by atoms with Gasteiger partial charge in [-0.05, 0) is 17.9 Å². The van der Waals surface area contributed by atoms with Crippen molar-refractivity contribution in [1.29, 1.82) is 0 Å². The number of aromatic nitrogens is 2. The molecule has 0 spiro atoms. The summed E-state index contributed by atoms with van der Waals surface area (Å²) in [5.41, 5.74) is 0.773. The molecular weight excluding hydrogens is 348 g/mol. The topological polar surface area (TPSA) is 58.6 Å². The molecule has 6 nitrogen and oxygen atoms in total. The first-order valence-corrected chi connectivity index (χ1v) is 9.74. The number of rotatable bonds is 6. The van der Waals surface area contributed by atoms with E-state index in [2.05, 4.69) is 16.9 Å². The van der Waals surface area contributed by atoms with E-state index in [1.165, 1.54) is 0 Å². The zero-order valence-corrected chi connectivity index (χ0v) is 16.2. The van der Waals surface area contributed by atoms with Gasteiger partial charge in [-0.15, -0.1) is 11.8 Å². The number of anilines is 1. The Morgan fingerprint density at radius 1 is 1.35 bits per heavy atom. The van der Waals surface area contributed by atoms with Crippen LogP contribution in [0.5, 0.6) is 5.88 Å². The van der Waals surface area contributed by atoms with Gasteiger partial charge in [-0.3, -0.25) is 9.78 Å². The van der Waals surface area contributed by atoms with Crippen LogP contribution in [0.3, 0.4) is 0 Å². The summed E-state index contributed by atoms with van der Waals surface area (Å²) in [5.74, 6) is 2.26. The van der Waals surface area contributed by atoms with Crippen molar-refractivity contribution < 1.29 is 9.53 Å². The van der Waals surface area contributed by atoms with Gasteiger partial charge in [0.25, 0.3) is 5.91 Å². The maximum Gasteiger partial charge on any atom is 0.255 e. The summed E-state index contributed by atoms with van der Waals surface area (Å²) in [4.78, 5) is 26.3. The number of benzene rings is 1. The highest BCUT2D eigenvalue weighted by atomic mass is 32.2. The van der Waals surface area contributed by atoms with Crippen LogP contribution in [0.4, 0.5) is 5.82 Å². The molecule has 0 bridgehead atoms. The van der Waals surface area contributed by atoms with E-state index < -0.39 is 0 Å². The Labute approximate surface area is 158 Å². The van der Waals surface area contributed by atoms with E-state index in [4.69, 9.17) is 4.74 Å². The van der Waals surface area contributed by atoms with Gasteiger partial charge in [0, 0.05) is 32.0 Å². The lowest BCUT2D eigenvalue weighted by atomic mass is 10.2. The molecule has 1 aliphatic heterocycles. The Kier molecular flexibility index (Phi) is 5.98. The van der Waals surface area contributed by atoms with Gasteiger partial charge < -0.3 is 14.5 Å². The van der Waals surface area contributed by atoms with Gasteiger partial charge >= 0.3 is 0 Å². The number of hydrogen-bond donors (Lipinski definition) is 0. The van der Waals surface area contributed by atoms with Gasteiger partial charge in [0.15, 0.2) is 5.82 Å². The largest absolute Gasteiger partial charge is 0.471 e. The monoisotopic (exact) mass is 372 g/mol. The SMILES string of the molecule is CCSc1ccccc1C(=O)N1CCC(Oc2cncc(N(C)C)n2)C1. The van der Waals surface area contributed by atoms with Crippen LogP contribution in [-0.4, -0.2) is 59.8 Å². The standard InChI is InChI=1S/C19H24N4O2S/c1-4-26-16-8-6-5-7-15(16)19(24)23-10-9-14(13-23)25-18-12-20-11-17(21-18)22(2)3/h5-8,11-12,14H,4,9-10,13H2,1-3H3. The third kappa shape index (κ3) is 4.27. The Balaban J connectivity index is 1.65. The minimum atomic E-state index is -0.0587. The molecule has 1 aliphatic rings. The van der Waals surface area contributed by atoms with Crippen LogP contribution in [0, 0.1) is 0 Å². The number of nitrogens with zero attached hydrogens (tertiary/aromatic N) is 4. The van der Waals surface area contributed by atoms with Crippen molar-refractivity contribution >= 4 is 23.5 Å². The zero-order valence-electron chi connectivity index (χ0n) is 15.4. The fourth-order valence-corrected chi connectivity index (χ4v) is 3.68. The van der Waals surface area contributed by atoms with Crippen LogP contribution < -0.4 is 9.64 Å². The second-order valence-corrected chi connectivity index (χ2v) is 7.62. The van der Waals surface area contributed by atoms with Gasteiger partial charge in [-0.1, -0.05) is 19.1 Å². The van der Waals surface area contributed by atoms with Crippen LogP contribution in [0.25, 0.3) is 0 Å². The van der Waals surface area contributed by atoms with Crippen molar-refractivity contribution in [1.82, 2.24) is 14.9 Å². The fraction of sp³-hybridized carbons (Fsp3) is 0.421. The lowest BCUT2D eigenvalue weighted by Crippen LogP contribution is -2.31. The fourth-order valence-electron chi connectivity index (χ4n) is 2.89. The van der Waals surface area contributed by atoms with E-state index in [1.54, 1.807) is 24.2 Å². The molecule has 7 heteroatoms. The van der Waals surface area contributed by atoms with Gasteiger partial charge in [-0.25, -0.2) is 0 Å². The first-order valence-electron chi connectivity index (χ1n) is 8.75. The van der Waals surface area contributed by atoms with E-state index in [1.807, 2.05) is 48.2 Å². The summed E-state index contributed by atoms with van der Waals surface area (Å²) in [6.07, 6.45) is 4.05. The minimum absolute atomic E-state index is 0.0587. The molecular formula is C19H24N4O2S. The second-order valence-electron chi connectivity index (χ2n) is 6.32. The number of likely N-dealkylation sites (tertiary alicyclic amines) is 1. The second kappa shape index (κ2) is 8.40. The summed E-state index contributed by atoms with van der Waals surface area (Å²) in [6.45, 7) is 3.35. The smallest absolute Gasteiger partial charge is 0.255 e. The Hall–Kier alpha value is -2.28. The molecule has 1 saturated heterocycles. The summed E-state index contributed by atoms with van der Waals surface area (Å²) in [5, 5.41) is 0. The summed E-state index contributed by atoms with van der Waals surface area (Å²) in [6, 6.07) is 7.80. The maximum atomic E-state index is 12.9. The van der Waals surface area contributed by atoms with Gasteiger partial charge in [-0.2, -0.15) is 4.98 Å². The van der Waals surface area contributed by atoms with E-state index in [0.717, 1.165) is 28.5 Å². The van der Waals surface area contributed by atoms with Crippen LogP contribution in [0.1, 0.15) is 23.7 Å². The predicted molar refractivity (Wildman–Crippen MR) is 104 cm³/mol. The molecule has 0 radical (unpaired) electrons. The summed E-state index contributed by atoms with van der Waals surface area (Å²) in [7, 11) is 3.82. The number of hydrogen-bond acceptors (Lipinski definition) is 6. The number of amides is 1. The molecule has 1 fully saturated rings. The quantitative estimate of drug-likeness (QED) is 0.727. The normalized spacial score (nSPS) is 16.6. The highest BCUT2D eigenvalue weighted by Crippen LogP contribution is 2.26. The molecule has 1 aromatic carbocycles. The van der Waals surface area contributed by atoms with E-state index in [9.17, 15) is 4.79 Å². The van der Waals surface area contributed by atoms with Crippen LogP contribution in [0.2, 0.25) is 0 Å². The molecule has 1 amide bonds. The summed E-state index contributed by atoms with van der Waals surface area (Å²) < 4.78 is 5.96. The van der Waals surface area contributed by atoms with Crippen molar-refractivity contribution in [3.05, 3.63) is 42.2 Å². The van der Waals surface area contributed by atoms with Crippen molar-refractivity contribution in [2.24, 2.45) is 0 Å². The van der Waals surface area contributed by atoms with Crippen LogP contribution >= 0.6 is 11.8 Å². The Morgan fingerprint density at radius 3 is 2.92 bits per heavy atom. The Bertz CT molecular complexity index is 769. The molecule has 26 heavy (non-hydrogen) atoms. The third-order valence-electron chi connectivity index (χ3n) is 4.19. The lowest BCUT2D eigenvalue weighted by molar-refractivity contribution is 0.0767. The van der Waals surface area contributed by atoms with E-state index in [0.29, 0.717) is 19.0 Å². The van der Waals surface area contributed by atoms with Crippen LogP contribution in [0.15, 0.2) is 41.6 Å². The number of carbonyl (C=O) groups excluding carboxylic acids is 1. The molecule has 2 aromatic rings. The molecule has 1 atom stereocenters. The zero-order chi connectivity index (χ0) is 18.5. The minimum Gasteiger partial charge on any atom is -0.471 e. The number of carbonyl (C=O) groups is 1. The predicted octanol–water partition coefficient (Wildman–Crippen LogP) is 2.95. The molecule has 0 saturated carbocycles. The molecule has 2 heterocycles. The molecule has 138 valence electrons. The number of ether oxygens (including phenoxy) is 1. The average Bonchev–Trinajstić information content (AvgIpc) is 3.10. The number of thioether (sulfide) groups is 1. The van der Waals surface area contributed by atoms with Crippen molar-refractivity contribution in [3.63, 3.8) is 0 Å². The molecule has 0 N–H and O–H groups in total. The first-order chi connectivity index (χ1) is 12.6. The van der Waals surface area contributed by atoms with Gasteiger partial charge in [0.05, 0.1) is 24.5 Å². The summed E-state index contributed by atoms with van der Waals surface area (Å²) >= 11 is 1.70. The molecule has 1 unspecified atom stereocenters. The lowest BCUT2D eigenvalue weighted by Gasteiger charge is -2.19. The molecule has 1 aromatic heterocycles. The van der Waals surface area contributed by atoms with E-state index >= 15 is 0 Å². The molecule has 3 rings (SSSR count). The Morgan fingerprint density at radius 2 is 2.15 bits per heavy atom. The maximum absolute atomic E-state index is 12.9. The third-order valence-corrected chi connectivity index (χ3v) is 5.15. The van der Waals surface area contributed by atoms with Crippen molar-refractivity contribution in [2.75, 3.05) is 37.8 Å². The average molecular weight is 372 g/mol. The van der Waals surface area contributed by atoms with Crippen molar-refractivity contribution in [3.8, 4) is 5.88 Å². The highest BCUT2D eigenvalue weighted by Gasteiger charge is 2.29. The first kappa shape index (κ1) is 18.5. The molecule has 0 aliphatic carbocycles. The highest BCUT2D eigenvalue weighted by molar-refractivity contribution is 7.99. The van der Waals surface area contributed by atoms with Crippen molar-refractivity contribution in [2.45, 2.75) is 24.3 Å². The van der Waals surface area contributed by atoms with Gasteiger partial charge in [0.2, 0.25) is 5.88 Å². The van der Waals surface area contributed by atoms with E-state index in [-0.39, 0.29) is 12.0 Å². The van der Waals surface area contributed by atoms with Crippen LogP contribution in [-0.2, 0) is 0 Å². The van der Waals surface area contributed by atoms with Gasteiger partial charge in [0.1, 0.15) is 6.10 Å².